The van der Waals surface area contributed by atoms with Crippen molar-refractivity contribution in [1.29, 1.82) is 0 Å². The van der Waals surface area contributed by atoms with Crippen molar-refractivity contribution in [2.45, 2.75) is 19.4 Å². The molecule has 0 radical (unpaired) electrons. The summed E-state index contributed by atoms with van der Waals surface area (Å²) in [4.78, 5) is 41.5. The first kappa shape index (κ1) is 26.8. The van der Waals surface area contributed by atoms with Crippen molar-refractivity contribution in [3.05, 3.63) is 77.7 Å². The average Bonchev–Trinajstić information content (AvgIpc) is 3.50. The quantitative estimate of drug-likeness (QED) is 0.340. The van der Waals surface area contributed by atoms with E-state index in [0.717, 1.165) is 11.3 Å². The van der Waals surface area contributed by atoms with E-state index in [1.807, 2.05) is 31.2 Å². The number of hydrogen-bond acceptors (Lipinski definition) is 7. The van der Waals surface area contributed by atoms with Crippen molar-refractivity contribution in [2.75, 3.05) is 30.0 Å². The number of nitrogens with zero attached hydrogens (tertiary/aromatic N) is 7. The summed E-state index contributed by atoms with van der Waals surface area (Å²) in [5.41, 5.74) is 2.74. The van der Waals surface area contributed by atoms with Crippen LogP contribution in [0.4, 0.5) is 5.69 Å². The van der Waals surface area contributed by atoms with Gasteiger partial charge in [-0.1, -0.05) is 29.3 Å². The fraction of sp³-hybridized carbons (Fsp3) is 0.280. The number of aliphatic imine (C=N–C) groups is 1. The van der Waals surface area contributed by atoms with Crippen molar-refractivity contribution < 1.29 is 9.59 Å². The second-order valence-electron chi connectivity index (χ2n) is 8.06. The Morgan fingerprint density at radius 2 is 1.86 bits per heavy atom. The summed E-state index contributed by atoms with van der Waals surface area (Å²) in [7, 11) is 1.65. The molecule has 3 aromatic rings. The van der Waals surface area contributed by atoms with Gasteiger partial charge in [-0.2, -0.15) is 16.9 Å². The van der Waals surface area contributed by atoms with E-state index < -0.39 is 0 Å². The van der Waals surface area contributed by atoms with Crippen LogP contribution < -0.4 is 4.90 Å². The van der Waals surface area contributed by atoms with Gasteiger partial charge in [-0.05, 0) is 36.8 Å². The van der Waals surface area contributed by atoms with Crippen LogP contribution in [0.2, 0.25) is 5.15 Å². The Balaban J connectivity index is 1.29. The van der Waals surface area contributed by atoms with Crippen LogP contribution in [-0.2, 0) is 9.59 Å². The van der Waals surface area contributed by atoms with Crippen molar-refractivity contribution in [2.24, 2.45) is 4.99 Å². The number of pyridine rings is 2. The third-order valence-corrected chi connectivity index (χ3v) is 7.20. The maximum Gasteiger partial charge on any atom is 0.236 e. The molecule has 0 fully saturated rings. The van der Waals surface area contributed by atoms with Gasteiger partial charge in [0, 0.05) is 44.4 Å². The average molecular weight is 558 g/mol. The van der Waals surface area contributed by atoms with Crippen LogP contribution in [0, 0.1) is 0 Å². The topological polar surface area (TPSA) is 96.6 Å². The zero-order valence-corrected chi connectivity index (χ0v) is 22.6. The van der Waals surface area contributed by atoms with E-state index in [0.29, 0.717) is 28.9 Å². The highest BCUT2D eigenvalue weighted by Crippen LogP contribution is 2.30. The number of thioether (sulfide) groups is 1. The Labute approximate surface area is 229 Å². The van der Waals surface area contributed by atoms with Gasteiger partial charge in [-0.3, -0.25) is 24.5 Å². The molecule has 1 aliphatic heterocycles. The molecule has 2 amide bonds. The minimum Gasteiger partial charge on any atom is -0.311 e. The molecule has 9 nitrogen and oxygen atoms in total. The van der Waals surface area contributed by atoms with Crippen LogP contribution in [0.25, 0.3) is 5.69 Å². The number of amides is 2. The van der Waals surface area contributed by atoms with Crippen molar-refractivity contribution in [3.8, 4) is 5.69 Å². The SMILES string of the molecule is CCN(C(=O)CCSCC(=O)N(C)c1cn(-c2cccnc2)nc1Cl)C1=CC(c2cccnc2)N=C1Cl. The number of anilines is 1. The standard InChI is InChI=1S/C25H25Cl2N7O2S/c1-3-33(20-12-19(30-24(20)26)17-6-4-9-28-13-17)22(35)8-11-37-16-23(36)32(2)21-15-34(31-25(21)27)18-7-5-10-29-14-18/h4-7,9-10,12-15,19H,3,8,11,16H2,1-2H3. The third-order valence-electron chi connectivity index (χ3n) is 5.70. The lowest BCUT2D eigenvalue weighted by Crippen LogP contribution is -2.32. The van der Waals surface area contributed by atoms with E-state index in [9.17, 15) is 9.59 Å². The van der Waals surface area contributed by atoms with Crippen LogP contribution in [0.3, 0.4) is 0 Å². The summed E-state index contributed by atoms with van der Waals surface area (Å²) in [6.07, 6.45) is 10.6. The zero-order valence-electron chi connectivity index (χ0n) is 20.3. The molecule has 0 aromatic carbocycles. The van der Waals surface area contributed by atoms with E-state index in [1.165, 1.54) is 16.7 Å². The van der Waals surface area contributed by atoms with E-state index in [1.54, 1.807) is 53.7 Å². The largest absolute Gasteiger partial charge is 0.311 e. The lowest BCUT2D eigenvalue weighted by molar-refractivity contribution is -0.128. The molecule has 0 bridgehead atoms. The van der Waals surface area contributed by atoms with Gasteiger partial charge in [-0.25, -0.2) is 4.68 Å². The van der Waals surface area contributed by atoms with Crippen molar-refractivity contribution >= 4 is 57.6 Å². The summed E-state index contributed by atoms with van der Waals surface area (Å²) in [5, 5.41) is 4.78. The molecule has 1 unspecified atom stereocenters. The molecule has 0 aliphatic carbocycles. The molecule has 3 aromatic heterocycles. The van der Waals surface area contributed by atoms with Crippen LogP contribution >= 0.6 is 35.0 Å². The Bertz CT molecular complexity index is 1320. The van der Waals surface area contributed by atoms with Gasteiger partial charge < -0.3 is 9.80 Å². The van der Waals surface area contributed by atoms with Crippen LogP contribution in [0.15, 0.2) is 72.0 Å². The number of carbonyl (C=O) groups is 2. The monoisotopic (exact) mass is 557 g/mol. The van der Waals surface area contributed by atoms with Crippen molar-refractivity contribution in [3.63, 3.8) is 0 Å². The molecule has 4 rings (SSSR count). The molecule has 0 saturated carbocycles. The highest BCUT2D eigenvalue weighted by atomic mass is 35.5. The Morgan fingerprint density at radius 3 is 2.54 bits per heavy atom. The Hall–Kier alpha value is -3.21. The fourth-order valence-electron chi connectivity index (χ4n) is 3.72. The summed E-state index contributed by atoms with van der Waals surface area (Å²) >= 11 is 14.0. The summed E-state index contributed by atoms with van der Waals surface area (Å²) in [5.74, 6) is 0.442. The van der Waals surface area contributed by atoms with Gasteiger partial charge in [0.05, 0.1) is 35.6 Å². The van der Waals surface area contributed by atoms with E-state index >= 15 is 0 Å². The highest BCUT2D eigenvalue weighted by Gasteiger charge is 2.27. The molecule has 192 valence electrons. The first-order chi connectivity index (χ1) is 17.9. The molecule has 0 spiro atoms. The molecule has 0 saturated heterocycles. The van der Waals surface area contributed by atoms with Gasteiger partial charge >= 0.3 is 0 Å². The number of carbonyl (C=O) groups excluding carboxylic acids is 2. The maximum atomic E-state index is 12.9. The van der Waals surface area contributed by atoms with Crippen LogP contribution in [-0.4, -0.2) is 66.7 Å². The normalized spacial score (nSPS) is 14.8. The lowest BCUT2D eigenvalue weighted by Gasteiger charge is -2.21. The van der Waals surface area contributed by atoms with Gasteiger partial charge in [0.2, 0.25) is 11.8 Å². The first-order valence-electron chi connectivity index (χ1n) is 11.5. The number of rotatable bonds is 10. The number of aromatic nitrogens is 4. The molecular formula is C25H25Cl2N7O2S. The smallest absolute Gasteiger partial charge is 0.236 e. The maximum absolute atomic E-state index is 12.9. The molecule has 1 aliphatic rings. The van der Waals surface area contributed by atoms with Gasteiger partial charge in [0.1, 0.15) is 10.9 Å². The van der Waals surface area contributed by atoms with Gasteiger partial charge in [0.25, 0.3) is 0 Å². The fourth-order valence-corrected chi connectivity index (χ4v) is 5.08. The second-order valence-corrected chi connectivity index (χ2v) is 9.88. The minimum atomic E-state index is -0.269. The van der Waals surface area contributed by atoms with Crippen LogP contribution in [0.5, 0.6) is 0 Å². The van der Waals surface area contributed by atoms with Crippen molar-refractivity contribution in [1.82, 2.24) is 24.6 Å². The third kappa shape index (κ3) is 6.38. The van der Waals surface area contributed by atoms with Crippen LogP contribution in [0.1, 0.15) is 24.9 Å². The minimum absolute atomic E-state index is 0.0805. The number of allylic oxidation sites excluding steroid dienone is 1. The van der Waals surface area contributed by atoms with E-state index in [2.05, 4.69) is 20.1 Å². The van der Waals surface area contributed by atoms with E-state index in [4.69, 9.17) is 23.2 Å². The number of hydrogen-bond donors (Lipinski definition) is 0. The molecule has 1 atom stereocenters. The molecular weight excluding hydrogens is 533 g/mol. The lowest BCUT2D eigenvalue weighted by atomic mass is 10.1. The highest BCUT2D eigenvalue weighted by molar-refractivity contribution is 7.99. The molecule has 0 N–H and O–H groups in total. The summed E-state index contributed by atoms with van der Waals surface area (Å²) in [6.45, 7) is 2.35. The first-order valence-corrected chi connectivity index (χ1v) is 13.5. The van der Waals surface area contributed by atoms with E-state index in [-0.39, 0.29) is 35.2 Å². The summed E-state index contributed by atoms with van der Waals surface area (Å²) in [6, 6.07) is 7.12. The van der Waals surface area contributed by atoms with Gasteiger partial charge in [-0.15, -0.1) is 0 Å². The Morgan fingerprint density at radius 1 is 1.11 bits per heavy atom. The second kappa shape index (κ2) is 12.4. The molecule has 37 heavy (non-hydrogen) atoms. The predicted molar refractivity (Wildman–Crippen MR) is 147 cm³/mol. The summed E-state index contributed by atoms with van der Waals surface area (Å²) < 4.78 is 1.57. The predicted octanol–water partition coefficient (Wildman–Crippen LogP) is 4.53. The van der Waals surface area contributed by atoms with Gasteiger partial charge in [0.15, 0.2) is 5.15 Å². The zero-order chi connectivity index (χ0) is 26.4. The molecule has 4 heterocycles. The molecule has 12 heteroatoms. The number of halogens is 2. The Kier molecular flexibility index (Phi) is 8.96.